The molecular formula is C25H24N4O6. The van der Waals surface area contributed by atoms with Gasteiger partial charge >= 0.3 is 0 Å². The van der Waals surface area contributed by atoms with Crippen LogP contribution in [0.5, 0.6) is 5.75 Å². The van der Waals surface area contributed by atoms with Crippen LogP contribution in [0.1, 0.15) is 21.9 Å². The summed E-state index contributed by atoms with van der Waals surface area (Å²) < 4.78 is 11.4. The second-order valence-corrected chi connectivity index (χ2v) is 8.56. The highest BCUT2D eigenvalue weighted by atomic mass is 16.6. The highest BCUT2D eigenvalue weighted by Gasteiger charge is 2.28. The number of fused-ring (bicyclic) bond motifs is 1. The first-order valence-corrected chi connectivity index (χ1v) is 11.3. The Kier molecular flexibility index (Phi) is 5.86. The number of ether oxygens (including phenoxy) is 1. The van der Waals surface area contributed by atoms with Gasteiger partial charge in [-0.3, -0.25) is 24.6 Å². The monoisotopic (exact) mass is 476 g/mol. The number of nitrogens with zero attached hydrogens (tertiary/aromatic N) is 4. The van der Waals surface area contributed by atoms with E-state index in [2.05, 4.69) is 4.90 Å². The van der Waals surface area contributed by atoms with Crippen molar-refractivity contribution in [2.24, 2.45) is 0 Å². The lowest BCUT2D eigenvalue weighted by Gasteiger charge is -2.35. The molecule has 5 rings (SSSR count). The number of carbonyl (C=O) groups is 2. The fourth-order valence-electron chi connectivity index (χ4n) is 4.33. The molecule has 0 radical (unpaired) electrons. The molecule has 3 aromatic rings. The van der Waals surface area contributed by atoms with E-state index in [-0.39, 0.29) is 36.4 Å². The average Bonchev–Trinajstić information content (AvgIpc) is 3.34. The number of anilines is 2. The Morgan fingerprint density at radius 2 is 1.77 bits per heavy atom. The Morgan fingerprint density at radius 1 is 1.03 bits per heavy atom. The summed E-state index contributed by atoms with van der Waals surface area (Å²) in [4.78, 5) is 41.4. The number of hydrogen-bond acceptors (Lipinski definition) is 7. The molecule has 3 heterocycles. The van der Waals surface area contributed by atoms with Gasteiger partial charge in [-0.1, -0.05) is 6.07 Å². The second kappa shape index (κ2) is 9.13. The number of nitro benzene ring substituents is 1. The van der Waals surface area contributed by atoms with Crippen LogP contribution < -0.4 is 14.5 Å². The number of nitro groups is 1. The molecule has 1 fully saturated rings. The topological polar surface area (TPSA) is 109 Å². The smallest absolute Gasteiger partial charge is 0.289 e. The minimum Gasteiger partial charge on any atom is -0.482 e. The van der Waals surface area contributed by atoms with E-state index < -0.39 is 4.92 Å². The number of rotatable bonds is 5. The van der Waals surface area contributed by atoms with Crippen LogP contribution in [0.2, 0.25) is 0 Å². The van der Waals surface area contributed by atoms with Crippen molar-refractivity contribution in [1.82, 2.24) is 4.90 Å². The van der Waals surface area contributed by atoms with E-state index in [4.69, 9.17) is 9.15 Å². The van der Waals surface area contributed by atoms with Crippen molar-refractivity contribution in [1.29, 1.82) is 0 Å². The molecule has 2 aliphatic rings. The summed E-state index contributed by atoms with van der Waals surface area (Å²) in [6.45, 7) is 4.33. The van der Waals surface area contributed by atoms with Crippen LogP contribution in [-0.4, -0.2) is 54.4 Å². The summed E-state index contributed by atoms with van der Waals surface area (Å²) in [6, 6.07) is 15.4. The molecule has 2 aromatic carbocycles. The maximum absolute atomic E-state index is 13.0. The van der Waals surface area contributed by atoms with Gasteiger partial charge in [0, 0.05) is 44.0 Å². The molecular weight excluding hydrogens is 452 g/mol. The molecule has 0 atom stereocenters. The number of amides is 2. The van der Waals surface area contributed by atoms with Gasteiger partial charge in [-0.2, -0.15) is 0 Å². The zero-order chi connectivity index (χ0) is 24.5. The van der Waals surface area contributed by atoms with Crippen molar-refractivity contribution in [2.75, 3.05) is 42.6 Å². The fourth-order valence-corrected chi connectivity index (χ4v) is 4.33. The van der Waals surface area contributed by atoms with Gasteiger partial charge in [0.2, 0.25) is 0 Å². The van der Waals surface area contributed by atoms with Crippen LogP contribution >= 0.6 is 0 Å². The van der Waals surface area contributed by atoms with Crippen molar-refractivity contribution in [3.8, 4) is 5.75 Å². The lowest BCUT2D eigenvalue weighted by atomic mass is 10.1. The molecule has 1 aromatic heterocycles. The van der Waals surface area contributed by atoms with E-state index in [0.29, 0.717) is 43.4 Å². The van der Waals surface area contributed by atoms with Gasteiger partial charge < -0.3 is 19.0 Å². The third kappa shape index (κ3) is 4.54. The molecule has 0 bridgehead atoms. The lowest BCUT2D eigenvalue weighted by molar-refractivity contribution is -0.384. The Bertz CT molecular complexity index is 1280. The first-order chi connectivity index (χ1) is 16.9. The number of carbonyl (C=O) groups excluding carboxylic acids is 2. The largest absolute Gasteiger partial charge is 0.482 e. The van der Waals surface area contributed by atoms with Crippen LogP contribution in [0.3, 0.4) is 0 Å². The van der Waals surface area contributed by atoms with Gasteiger partial charge in [-0.05, 0) is 48.9 Å². The highest BCUT2D eigenvalue weighted by Crippen LogP contribution is 2.34. The van der Waals surface area contributed by atoms with Crippen molar-refractivity contribution in [3.63, 3.8) is 0 Å². The molecule has 0 spiro atoms. The van der Waals surface area contributed by atoms with Crippen molar-refractivity contribution in [3.05, 3.63) is 81.8 Å². The maximum atomic E-state index is 13.0. The van der Waals surface area contributed by atoms with Crippen LogP contribution in [0.25, 0.3) is 0 Å². The van der Waals surface area contributed by atoms with E-state index >= 15 is 0 Å². The number of non-ortho nitro benzene ring substituents is 1. The third-order valence-electron chi connectivity index (χ3n) is 6.24. The zero-order valence-corrected chi connectivity index (χ0v) is 19.2. The van der Waals surface area contributed by atoms with Crippen LogP contribution in [0, 0.1) is 17.0 Å². The van der Waals surface area contributed by atoms with E-state index in [1.807, 2.05) is 25.1 Å². The minimum atomic E-state index is -0.424. The molecule has 0 aliphatic carbocycles. The zero-order valence-electron chi connectivity index (χ0n) is 19.2. The van der Waals surface area contributed by atoms with Gasteiger partial charge in [0.25, 0.3) is 17.5 Å². The normalized spacial score (nSPS) is 15.6. The van der Waals surface area contributed by atoms with E-state index in [0.717, 1.165) is 11.3 Å². The first-order valence-electron chi connectivity index (χ1n) is 11.3. The molecule has 10 nitrogen and oxygen atoms in total. The number of furan rings is 1. The van der Waals surface area contributed by atoms with E-state index in [1.165, 1.54) is 12.1 Å². The molecule has 2 aliphatic heterocycles. The van der Waals surface area contributed by atoms with E-state index in [9.17, 15) is 19.7 Å². The fraction of sp³-hybridized carbons (Fsp3) is 0.280. The lowest BCUT2D eigenvalue weighted by Crippen LogP contribution is -2.48. The maximum Gasteiger partial charge on any atom is 0.289 e. The van der Waals surface area contributed by atoms with Crippen LogP contribution in [0.4, 0.5) is 17.1 Å². The first kappa shape index (κ1) is 22.5. The van der Waals surface area contributed by atoms with Gasteiger partial charge in [-0.15, -0.1) is 0 Å². The second-order valence-electron chi connectivity index (χ2n) is 8.56. The highest BCUT2D eigenvalue weighted by molar-refractivity contribution is 5.98. The minimum absolute atomic E-state index is 0.0401. The van der Waals surface area contributed by atoms with Crippen LogP contribution in [0.15, 0.2) is 59.0 Å². The molecule has 2 amide bonds. The number of benzene rings is 2. The van der Waals surface area contributed by atoms with Crippen molar-refractivity contribution in [2.45, 2.75) is 13.5 Å². The molecule has 0 N–H and O–H groups in total. The molecule has 1 saturated heterocycles. The molecule has 0 unspecified atom stereocenters. The Balaban J connectivity index is 1.22. The van der Waals surface area contributed by atoms with Crippen LogP contribution in [-0.2, 0) is 11.3 Å². The van der Waals surface area contributed by atoms with Crippen molar-refractivity contribution < 1.29 is 23.7 Å². The molecule has 35 heavy (non-hydrogen) atoms. The Labute approximate surface area is 201 Å². The summed E-state index contributed by atoms with van der Waals surface area (Å²) in [5, 5.41) is 10.9. The Hall–Kier alpha value is -4.34. The average molecular weight is 476 g/mol. The van der Waals surface area contributed by atoms with E-state index in [1.54, 1.807) is 34.1 Å². The molecule has 0 saturated carbocycles. The summed E-state index contributed by atoms with van der Waals surface area (Å²) in [5.41, 5.74) is 2.63. The number of hydrogen-bond donors (Lipinski definition) is 0. The van der Waals surface area contributed by atoms with Gasteiger partial charge in [-0.25, -0.2) is 0 Å². The van der Waals surface area contributed by atoms with Crippen molar-refractivity contribution >= 4 is 28.9 Å². The Morgan fingerprint density at radius 3 is 2.49 bits per heavy atom. The summed E-state index contributed by atoms with van der Waals surface area (Å²) in [7, 11) is 0. The SMILES string of the molecule is Cc1ccc2c(c1)N(Cc1ccc(C(=O)N3CCN(c4ccc([N+](=O)[O-])cc4)CC3)o1)C(=O)CO2. The van der Waals surface area contributed by atoms with Gasteiger partial charge in [0.1, 0.15) is 11.5 Å². The summed E-state index contributed by atoms with van der Waals surface area (Å²) in [6.07, 6.45) is 0. The molecule has 10 heteroatoms. The number of aryl methyl sites for hydroxylation is 1. The predicted molar refractivity (Wildman–Crippen MR) is 128 cm³/mol. The summed E-state index contributed by atoms with van der Waals surface area (Å²) in [5.74, 6) is 1.01. The standard InChI is InChI=1S/C25H24N4O6/c1-17-2-8-22-21(14-17)28(24(30)16-34-22)15-20-7-9-23(35-20)25(31)27-12-10-26(11-13-27)18-3-5-19(6-4-18)29(32)33/h2-9,14H,10-13,15-16H2,1H3. The number of piperazine rings is 1. The third-order valence-corrected chi connectivity index (χ3v) is 6.24. The predicted octanol–water partition coefficient (Wildman–Crippen LogP) is 3.38. The van der Waals surface area contributed by atoms with Gasteiger partial charge in [0.05, 0.1) is 17.2 Å². The quantitative estimate of drug-likeness (QED) is 0.410. The summed E-state index contributed by atoms with van der Waals surface area (Å²) >= 11 is 0. The van der Waals surface area contributed by atoms with Gasteiger partial charge in [0.15, 0.2) is 12.4 Å². The molecule has 180 valence electrons.